The Morgan fingerprint density at radius 1 is 0.925 bits per heavy atom. The van der Waals surface area contributed by atoms with Crippen molar-refractivity contribution < 1.29 is 23.9 Å². The number of aliphatic imine (C=N–C) groups is 1. The van der Waals surface area contributed by atoms with E-state index in [-0.39, 0.29) is 18.3 Å². The van der Waals surface area contributed by atoms with Gasteiger partial charge in [0.05, 0.1) is 13.2 Å². The molecule has 0 spiro atoms. The Morgan fingerprint density at radius 3 is 2.33 bits per heavy atom. The molecule has 0 radical (unpaired) electrons. The first-order valence-electron chi connectivity index (χ1n) is 13.8. The Kier molecular flexibility index (Phi) is 9.15. The molecule has 7 nitrogen and oxygen atoms in total. The third-order valence-electron chi connectivity index (χ3n) is 6.75. The summed E-state index contributed by atoms with van der Waals surface area (Å²) in [6.45, 7) is 7.77. The van der Waals surface area contributed by atoms with Crippen LogP contribution in [0.25, 0.3) is 0 Å². The predicted octanol–water partition coefficient (Wildman–Crippen LogP) is 6.31. The second-order valence-electron chi connectivity index (χ2n) is 10.3. The molecule has 4 rings (SSSR count). The van der Waals surface area contributed by atoms with Crippen LogP contribution in [0.15, 0.2) is 83.9 Å². The molecule has 0 saturated heterocycles. The van der Waals surface area contributed by atoms with Gasteiger partial charge in [-0.15, -0.1) is 0 Å². The van der Waals surface area contributed by atoms with E-state index in [0.717, 1.165) is 36.2 Å². The van der Waals surface area contributed by atoms with E-state index in [1.54, 1.807) is 62.1 Å². The second kappa shape index (κ2) is 12.7. The second-order valence-corrected chi connectivity index (χ2v) is 10.3. The predicted molar refractivity (Wildman–Crippen MR) is 154 cm³/mol. The van der Waals surface area contributed by atoms with Crippen LogP contribution in [0.4, 0.5) is 0 Å². The fraction of sp³-hybridized carbons (Fsp3) is 0.333. The summed E-state index contributed by atoms with van der Waals surface area (Å²) >= 11 is 0. The van der Waals surface area contributed by atoms with Crippen LogP contribution in [0.5, 0.6) is 5.75 Å². The van der Waals surface area contributed by atoms with Gasteiger partial charge in [0.25, 0.3) is 5.91 Å². The minimum Gasteiger partial charge on any atom is -0.476 e. The van der Waals surface area contributed by atoms with Crippen molar-refractivity contribution in [2.45, 2.75) is 65.1 Å². The molecule has 0 aliphatic carbocycles. The zero-order valence-electron chi connectivity index (χ0n) is 23.6. The molecular formula is C33H36N2O5. The van der Waals surface area contributed by atoms with Gasteiger partial charge in [0.2, 0.25) is 0 Å². The van der Waals surface area contributed by atoms with Crippen LogP contribution in [-0.2, 0) is 20.9 Å². The molecule has 1 heterocycles. The van der Waals surface area contributed by atoms with E-state index in [9.17, 15) is 14.4 Å². The number of unbranched alkanes of at least 4 members (excludes halogenated alkanes) is 1. The van der Waals surface area contributed by atoms with Gasteiger partial charge in [-0.3, -0.25) is 19.5 Å². The van der Waals surface area contributed by atoms with Crippen LogP contribution in [-0.4, -0.2) is 40.6 Å². The van der Waals surface area contributed by atoms with Gasteiger partial charge < -0.3 is 9.47 Å². The highest BCUT2D eigenvalue weighted by Gasteiger charge is 2.35. The molecule has 0 aromatic heterocycles. The number of rotatable bonds is 12. The Morgan fingerprint density at radius 2 is 1.65 bits per heavy atom. The van der Waals surface area contributed by atoms with E-state index < -0.39 is 17.6 Å². The summed E-state index contributed by atoms with van der Waals surface area (Å²) in [5, 5.41) is 0. The molecule has 0 saturated carbocycles. The molecule has 208 valence electrons. The Labute approximate surface area is 235 Å². The van der Waals surface area contributed by atoms with Crippen molar-refractivity contribution in [1.29, 1.82) is 0 Å². The lowest BCUT2D eigenvalue weighted by Gasteiger charge is -2.24. The summed E-state index contributed by atoms with van der Waals surface area (Å²) in [5.41, 5.74) is 1.57. The number of benzene rings is 3. The number of nitrogens with zero attached hydrogens (tertiary/aromatic N) is 2. The molecule has 0 bridgehead atoms. The van der Waals surface area contributed by atoms with Gasteiger partial charge in [-0.25, -0.2) is 4.79 Å². The van der Waals surface area contributed by atoms with Crippen molar-refractivity contribution in [2.24, 2.45) is 4.99 Å². The van der Waals surface area contributed by atoms with E-state index >= 15 is 0 Å². The molecule has 1 unspecified atom stereocenters. The fourth-order valence-corrected chi connectivity index (χ4v) is 4.56. The minimum atomic E-state index is -1.19. The molecule has 1 atom stereocenters. The topological polar surface area (TPSA) is 85.3 Å². The average Bonchev–Trinajstić information content (AvgIpc) is 3.27. The first-order chi connectivity index (χ1) is 19.2. The highest BCUT2D eigenvalue weighted by atomic mass is 16.6. The molecule has 3 aromatic carbocycles. The number of hydrogen-bond acceptors (Lipinski definition) is 6. The van der Waals surface area contributed by atoms with Gasteiger partial charge in [-0.05, 0) is 50.5 Å². The first kappa shape index (κ1) is 28.7. The van der Waals surface area contributed by atoms with Crippen LogP contribution >= 0.6 is 0 Å². The number of ketones is 1. The fourth-order valence-electron chi connectivity index (χ4n) is 4.56. The van der Waals surface area contributed by atoms with Crippen LogP contribution in [0.1, 0.15) is 80.0 Å². The lowest BCUT2D eigenvalue weighted by atomic mass is 10.0. The molecule has 0 fully saturated rings. The van der Waals surface area contributed by atoms with Gasteiger partial charge in [-0.1, -0.05) is 80.1 Å². The molecular weight excluding hydrogens is 504 g/mol. The lowest BCUT2D eigenvalue weighted by molar-refractivity contribution is -0.158. The number of esters is 1. The molecule has 1 aliphatic heterocycles. The van der Waals surface area contributed by atoms with Gasteiger partial charge in [0, 0.05) is 17.5 Å². The van der Waals surface area contributed by atoms with Crippen LogP contribution in [0, 0.1) is 0 Å². The van der Waals surface area contributed by atoms with E-state index in [0.29, 0.717) is 23.4 Å². The number of carbonyl (C=O) groups excluding carboxylic acids is 3. The summed E-state index contributed by atoms with van der Waals surface area (Å²) in [7, 11) is 0. The summed E-state index contributed by atoms with van der Waals surface area (Å²) in [5.74, 6) is 0.540. The van der Waals surface area contributed by atoms with Crippen molar-refractivity contribution in [1.82, 2.24) is 4.90 Å². The number of ether oxygens (including phenoxy) is 2. The largest absolute Gasteiger partial charge is 0.476 e. The Balaban J connectivity index is 1.47. The summed E-state index contributed by atoms with van der Waals surface area (Å²) in [6.07, 6.45) is 2.71. The molecule has 0 N–H and O–H groups in total. The van der Waals surface area contributed by atoms with Crippen LogP contribution in [0.2, 0.25) is 0 Å². The number of amidine groups is 1. The highest BCUT2D eigenvalue weighted by molar-refractivity contribution is 6.09. The zero-order valence-corrected chi connectivity index (χ0v) is 23.6. The van der Waals surface area contributed by atoms with Crippen molar-refractivity contribution in [3.8, 4) is 5.75 Å². The zero-order chi connectivity index (χ0) is 28.7. The molecule has 1 amide bonds. The normalized spacial score (nSPS) is 15.1. The quantitative estimate of drug-likeness (QED) is 0.199. The summed E-state index contributed by atoms with van der Waals surface area (Å²) < 4.78 is 10.9. The maximum atomic E-state index is 13.4. The van der Waals surface area contributed by atoms with Gasteiger partial charge in [0.1, 0.15) is 11.6 Å². The van der Waals surface area contributed by atoms with E-state index in [4.69, 9.17) is 14.5 Å². The van der Waals surface area contributed by atoms with E-state index in [1.807, 2.05) is 42.5 Å². The molecule has 40 heavy (non-hydrogen) atoms. The average molecular weight is 541 g/mol. The monoisotopic (exact) mass is 540 g/mol. The smallest absolute Gasteiger partial charge is 0.349 e. The summed E-state index contributed by atoms with van der Waals surface area (Å²) in [6, 6.07) is 23.2. The molecule has 3 aromatic rings. The number of amides is 1. The Hall–Kier alpha value is -4.26. The minimum absolute atomic E-state index is 0.0278. The van der Waals surface area contributed by atoms with Crippen LogP contribution < -0.4 is 4.74 Å². The van der Waals surface area contributed by atoms with Crippen molar-refractivity contribution in [2.75, 3.05) is 6.61 Å². The van der Waals surface area contributed by atoms with E-state index in [2.05, 4.69) is 6.92 Å². The third-order valence-corrected chi connectivity index (χ3v) is 6.75. The van der Waals surface area contributed by atoms with Crippen LogP contribution in [0.3, 0.4) is 0 Å². The number of hydrogen-bond donors (Lipinski definition) is 0. The maximum absolute atomic E-state index is 13.4. The first-order valence-corrected chi connectivity index (χ1v) is 13.8. The summed E-state index contributed by atoms with van der Waals surface area (Å²) in [4.78, 5) is 45.4. The molecule has 1 aliphatic rings. The van der Waals surface area contributed by atoms with Gasteiger partial charge >= 0.3 is 5.97 Å². The molecule has 7 heteroatoms. The SMILES string of the molecule is CCCCC1=NC(c2ccccc2)C(=O)N1Cc1ccc(C(=O)c2cccc(OC(C)(C)C(=O)OCC)c2)cc1. The third kappa shape index (κ3) is 6.65. The highest BCUT2D eigenvalue weighted by Crippen LogP contribution is 2.29. The van der Waals surface area contributed by atoms with Gasteiger partial charge in [-0.2, -0.15) is 0 Å². The Bertz CT molecular complexity index is 1380. The number of carbonyl (C=O) groups is 3. The van der Waals surface area contributed by atoms with Crippen molar-refractivity contribution in [3.63, 3.8) is 0 Å². The van der Waals surface area contributed by atoms with Crippen molar-refractivity contribution >= 4 is 23.5 Å². The maximum Gasteiger partial charge on any atom is 0.349 e. The van der Waals surface area contributed by atoms with Crippen molar-refractivity contribution in [3.05, 3.63) is 101 Å². The lowest BCUT2D eigenvalue weighted by Crippen LogP contribution is -2.39. The van der Waals surface area contributed by atoms with Gasteiger partial charge in [0.15, 0.2) is 17.4 Å². The standard InChI is InChI=1S/C33H36N2O5/c1-5-7-16-28-34-29(24-12-9-8-10-13-24)31(37)35(28)22-23-17-19-25(20-18-23)30(36)26-14-11-15-27(21-26)40-33(3,4)32(38)39-6-2/h8-15,17-21,29H,5-7,16,22H2,1-4H3. The van der Waals surface area contributed by atoms with E-state index in [1.165, 1.54) is 0 Å².